The molecule has 1 atom stereocenters. The zero-order valence-electron chi connectivity index (χ0n) is 12.2. The van der Waals surface area contributed by atoms with Crippen LogP contribution in [0.1, 0.15) is 24.1 Å². The predicted octanol–water partition coefficient (Wildman–Crippen LogP) is 4.70. The first-order valence-corrected chi connectivity index (χ1v) is 8.86. The van der Waals surface area contributed by atoms with Crippen LogP contribution in [0.4, 0.5) is 4.39 Å². The lowest BCUT2D eigenvalue weighted by atomic mass is 10.1. The average molecular weight is 382 g/mol. The Bertz CT molecular complexity index is 633. The Morgan fingerprint density at radius 2 is 2.00 bits per heavy atom. The molecule has 0 aliphatic rings. The van der Waals surface area contributed by atoms with Crippen molar-refractivity contribution in [3.63, 3.8) is 0 Å². The van der Waals surface area contributed by atoms with E-state index in [4.69, 9.17) is 0 Å². The molecule has 0 heterocycles. The van der Waals surface area contributed by atoms with Gasteiger partial charge < -0.3 is 5.32 Å². The molecule has 2 nitrogen and oxygen atoms in total. The summed E-state index contributed by atoms with van der Waals surface area (Å²) in [4.78, 5) is 11.9. The maximum atomic E-state index is 13.0. The fourth-order valence-electron chi connectivity index (χ4n) is 2.01. The van der Waals surface area contributed by atoms with Crippen LogP contribution < -0.4 is 5.32 Å². The van der Waals surface area contributed by atoms with Crippen molar-refractivity contribution in [2.75, 3.05) is 5.75 Å². The van der Waals surface area contributed by atoms with E-state index in [9.17, 15) is 9.18 Å². The van der Waals surface area contributed by atoms with Gasteiger partial charge in [0.2, 0.25) is 5.91 Å². The van der Waals surface area contributed by atoms with Crippen molar-refractivity contribution in [1.29, 1.82) is 0 Å². The van der Waals surface area contributed by atoms with Gasteiger partial charge in [-0.15, -0.1) is 11.8 Å². The second-order valence-electron chi connectivity index (χ2n) is 4.96. The summed E-state index contributed by atoms with van der Waals surface area (Å²) < 4.78 is 14.1. The number of halogens is 2. The maximum absolute atomic E-state index is 13.0. The summed E-state index contributed by atoms with van der Waals surface area (Å²) in [5.74, 6) is 0.720. The van der Waals surface area contributed by atoms with Gasteiger partial charge in [-0.05, 0) is 42.3 Å². The molecule has 0 aromatic heterocycles. The van der Waals surface area contributed by atoms with Crippen LogP contribution in [0.15, 0.2) is 53.0 Å². The Morgan fingerprint density at radius 1 is 1.27 bits per heavy atom. The van der Waals surface area contributed by atoms with E-state index in [1.54, 1.807) is 6.07 Å². The molecular weight excluding hydrogens is 365 g/mol. The van der Waals surface area contributed by atoms with Gasteiger partial charge in [0.1, 0.15) is 5.82 Å². The number of amides is 1. The third-order valence-corrected chi connectivity index (χ3v) is 4.67. The zero-order valence-corrected chi connectivity index (χ0v) is 14.6. The molecule has 116 valence electrons. The van der Waals surface area contributed by atoms with Crippen molar-refractivity contribution in [2.45, 2.75) is 18.7 Å². The summed E-state index contributed by atoms with van der Waals surface area (Å²) in [6, 6.07) is 14.3. The first-order chi connectivity index (χ1) is 10.5. The van der Waals surface area contributed by atoms with Gasteiger partial charge in [-0.3, -0.25) is 4.79 Å². The fourth-order valence-corrected chi connectivity index (χ4v) is 3.06. The predicted molar refractivity (Wildman–Crippen MR) is 93.3 cm³/mol. The maximum Gasteiger partial charge on any atom is 0.230 e. The van der Waals surface area contributed by atoms with Gasteiger partial charge in [0.05, 0.1) is 11.8 Å². The van der Waals surface area contributed by atoms with Gasteiger partial charge in [-0.25, -0.2) is 4.39 Å². The minimum Gasteiger partial charge on any atom is -0.349 e. The molecular formula is C17H17BrFNOS. The van der Waals surface area contributed by atoms with Gasteiger partial charge in [0, 0.05) is 10.2 Å². The largest absolute Gasteiger partial charge is 0.349 e. The summed E-state index contributed by atoms with van der Waals surface area (Å²) in [7, 11) is 0. The number of thioether (sulfide) groups is 1. The third kappa shape index (κ3) is 5.46. The normalized spacial score (nSPS) is 12.0. The number of carbonyl (C=O) groups excluding carboxylic acids is 1. The van der Waals surface area contributed by atoms with E-state index in [-0.39, 0.29) is 17.8 Å². The Labute approximate surface area is 142 Å². The molecule has 0 radical (unpaired) electrons. The molecule has 5 heteroatoms. The van der Waals surface area contributed by atoms with Crippen molar-refractivity contribution in [2.24, 2.45) is 0 Å². The van der Waals surface area contributed by atoms with Crippen LogP contribution >= 0.6 is 27.7 Å². The average Bonchev–Trinajstić information content (AvgIpc) is 2.48. The van der Waals surface area contributed by atoms with Gasteiger partial charge in [-0.2, -0.15) is 0 Å². The number of carbonyl (C=O) groups is 1. The van der Waals surface area contributed by atoms with Gasteiger partial charge >= 0.3 is 0 Å². The van der Waals surface area contributed by atoms with Crippen LogP contribution in [0.5, 0.6) is 0 Å². The Morgan fingerprint density at radius 3 is 2.68 bits per heavy atom. The molecule has 0 bridgehead atoms. The topological polar surface area (TPSA) is 29.1 Å². The standard InChI is InChI=1S/C17H17BrFNOS/c1-12(14-5-7-15(18)8-6-14)20-17(21)11-22-10-13-3-2-4-16(19)9-13/h2-9,12H,10-11H2,1H3,(H,20,21)/t12-/m1/s1. The van der Waals surface area contributed by atoms with E-state index < -0.39 is 0 Å². The summed E-state index contributed by atoms with van der Waals surface area (Å²) >= 11 is 4.87. The molecule has 0 unspecified atom stereocenters. The summed E-state index contributed by atoms with van der Waals surface area (Å²) in [6.07, 6.45) is 0. The lowest BCUT2D eigenvalue weighted by Gasteiger charge is -2.14. The van der Waals surface area contributed by atoms with Crippen LogP contribution in [-0.4, -0.2) is 11.7 Å². The van der Waals surface area contributed by atoms with Crippen molar-refractivity contribution in [3.8, 4) is 0 Å². The molecule has 0 fully saturated rings. The second kappa shape index (κ2) is 8.34. The van der Waals surface area contributed by atoms with Crippen molar-refractivity contribution >= 4 is 33.6 Å². The van der Waals surface area contributed by atoms with Gasteiger partial charge in [0.15, 0.2) is 0 Å². The van der Waals surface area contributed by atoms with Crippen molar-refractivity contribution in [1.82, 2.24) is 5.32 Å². The molecule has 0 aliphatic carbocycles. The Hall–Kier alpha value is -1.33. The number of rotatable bonds is 6. The summed E-state index contributed by atoms with van der Waals surface area (Å²) in [6.45, 7) is 1.96. The Balaban J connectivity index is 1.76. The van der Waals surface area contributed by atoms with Crippen molar-refractivity contribution < 1.29 is 9.18 Å². The highest BCUT2D eigenvalue weighted by atomic mass is 79.9. The monoisotopic (exact) mass is 381 g/mol. The fraction of sp³-hybridized carbons (Fsp3) is 0.235. The first-order valence-electron chi connectivity index (χ1n) is 6.91. The van der Waals surface area contributed by atoms with E-state index in [1.807, 2.05) is 37.3 Å². The number of nitrogens with one attached hydrogen (secondary N) is 1. The smallest absolute Gasteiger partial charge is 0.230 e. The molecule has 2 aromatic carbocycles. The van der Waals surface area contributed by atoms with E-state index >= 15 is 0 Å². The van der Waals surface area contributed by atoms with Crippen LogP contribution in [-0.2, 0) is 10.5 Å². The third-order valence-electron chi connectivity index (χ3n) is 3.14. The molecule has 0 saturated heterocycles. The summed E-state index contributed by atoms with van der Waals surface area (Å²) in [5.41, 5.74) is 1.95. The quantitative estimate of drug-likeness (QED) is 0.785. The van der Waals surface area contributed by atoms with Gasteiger partial charge in [-0.1, -0.05) is 40.2 Å². The highest BCUT2D eigenvalue weighted by Gasteiger charge is 2.09. The molecule has 2 aromatic rings. The molecule has 1 N–H and O–H groups in total. The minimum absolute atomic E-state index is 0.0168. The minimum atomic E-state index is -0.244. The number of benzene rings is 2. The first kappa shape index (κ1) is 17.0. The highest BCUT2D eigenvalue weighted by Crippen LogP contribution is 2.17. The molecule has 0 spiro atoms. The van der Waals surface area contributed by atoms with E-state index in [2.05, 4.69) is 21.2 Å². The molecule has 1 amide bonds. The SMILES string of the molecule is C[C@@H](NC(=O)CSCc1cccc(F)c1)c1ccc(Br)cc1. The lowest BCUT2D eigenvalue weighted by Crippen LogP contribution is -2.28. The van der Waals surface area contributed by atoms with Crippen molar-refractivity contribution in [3.05, 3.63) is 69.9 Å². The second-order valence-corrected chi connectivity index (χ2v) is 6.86. The van der Waals surface area contributed by atoms with E-state index in [0.29, 0.717) is 11.5 Å². The number of hydrogen-bond acceptors (Lipinski definition) is 2. The van der Waals surface area contributed by atoms with Crippen LogP contribution in [0, 0.1) is 5.82 Å². The van der Waals surface area contributed by atoms with E-state index in [0.717, 1.165) is 15.6 Å². The van der Waals surface area contributed by atoms with Crippen LogP contribution in [0.2, 0.25) is 0 Å². The van der Waals surface area contributed by atoms with E-state index in [1.165, 1.54) is 23.9 Å². The van der Waals surface area contributed by atoms with Crippen LogP contribution in [0.25, 0.3) is 0 Å². The van der Waals surface area contributed by atoms with Crippen LogP contribution in [0.3, 0.4) is 0 Å². The molecule has 22 heavy (non-hydrogen) atoms. The highest BCUT2D eigenvalue weighted by molar-refractivity contribution is 9.10. The Kier molecular flexibility index (Phi) is 6.46. The lowest BCUT2D eigenvalue weighted by molar-refractivity contribution is -0.119. The molecule has 2 rings (SSSR count). The molecule has 0 aliphatic heterocycles. The van der Waals surface area contributed by atoms with Gasteiger partial charge in [0.25, 0.3) is 0 Å². The zero-order chi connectivity index (χ0) is 15.9. The number of hydrogen-bond donors (Lipinski definition) is 1. The summed E-state index contributed by atoms with van der Waals surface area (Å²) in [5, 5.41) is 2.96. The molecule has 0 saturated carbocycles.